The summed E-state index contributed by atoms with van der Waals surface area (Å²) in [7, 11) is 4.18. The third-order valence-electron chi connectivity index (χ3n) is 24.3. The molecule has 3 fully saturated rings. The van der Waals surface area contributed by atoms with Gasteiger partial charge in [-0.05, 0) is 202 Å². The summed E-state index contributed by atoms with van der Waals surface area (Å²) in [6.07, 6.45) is 7.96. The lowest BCUT2D eigenvalue weighted by Gasteiger charge is -2.33. The second kappa shape index (κ2) is 44.4. The number of fused-ring (bicyclic) bond motifs is 4. The number of piperazine rings is 2. The molecule has 8 N–H and O–H groups in total. The highest BCUT2D eigenvalue weighted by Gasteiger charge is 2.37. The lowest BCUT2D eigenvalue weighted by molar-refractivity contribution is -0.139. The van der Waals surface area contributed by atoms with Gasteiger partial charge in [0.1, 0.15) is 16.3 Å². The van der Waals surface area contributed by atoms with Crippen LogP contribution in [0.4, 0.5) is 49.2 Å². The number of amidine groups is 1. The molecule has 8 aromatic carbocycles. The van der Waals surface area contributed by atoms with E-state index in [-0.39, 0.29) is 69.0 Å². The number of aromatic nitrogens is 9. The third kappa shape index (κ3) is 26.2. The summed E-state index contributed by atoms with van der Waals surface area (Å²) in [6.45, 7) is 20.6. The zero-order chi connectivity index (χ0) is 101. The number of H-pyrrole nitrogens is 1. The number of pyridine rings is 4. The van der Waals surface area contributed by atoms with Crippen LogP contribution in [0.3, 0.4) is 0 Å². The van der Waals surface area contributed by atoms with Crippen LogP contribution >= 0.6 is 11.3 Å². The number of benzene rings is 8. The minimum Gasteiger partial charge on any atom is -0.387 e. The molecule has 0 unspecified atom stereocenters. The Morgan fingerprint density at radius 2 is 1.01 bits per heavy atom. The zero-order valence-corrected chi connectivity index (χ0v) is 80.3. The maximum Gasteiger partial charge on any atom is 0.416 e. The van der Waals surface area contributed by atoms with Crippen molar-refractivity contribution in [2.75, 3.05) is 87.7 Å². The molecular formula is C112H99F6N19O5S. The zero-order valence-electron chi connectivity index (χ0n) is 79.5. The molecule has 16 aromatic rings. The van der Waals surface area contributed by atoms with Crippen molar-refractivity contribution < 1.29 is 50.0 Å². The predicted molar refractivity (Wildman–Crippen MR) is 546 cm³/mol. The Hall–Kier alpha value is -16.4. The molecule has 720 valence electrons. The van der Waals surface area contributed by atoms with Crippen LogP contribution in [-0.2, 0) is 37.3 Å². The fraction of sp³-hybridized carbons (Fsp3) is 0.223. The van der Waals surface area contributed by atoms with Crippen LogP contribution in [0.1, 0.15) is 180 Å². The number of nitrogens with zero attached hydrogens (tertiary/aromatic N) is 12. The number of aryl methyl sites for hydroxylation is 3. The molecule has 8 aromatic heterocycles. The number of hydrogen-bond acceptors (Lipinski definition) is 19. The standard InChI is InChI=1S/C33H33N5O.C27H23F3N6OS.C26H20F3N5O.C26H23N3O2/c1-23-7-8-26(19-25(23)11-12-27-21-34-36-32-6-4-3-5-30(27)32)33(39)35-29-14-13-28(31(20-29)24-9-10-24)22-38-17-15-37(2)16-18-38;1-35-9-11-36(12-10-35)17-20-4-6-21(13-22(20)27(28,29)30)34-26(37)23-16-33-24(38-23)7-5-19-15-31-14-18-3-2-8-32-25(18)19;1-15-2-4-20(11-17(15)5-3-16-10-19-8-9-32-24(19)33-14-16)25(35)34-21-7-6-18(12-23(30)31)22(13-21)26(27,28)29;1-17-9-10-19(25(30)28-24-14-23(31-29-24)26(2,3)4)13-18(17)11-12-21-16-27-15-20-7-5-6-8-22(20)21/h3-8,13-14,19-21,24H,9-10,15-18,22H2,1-2H3,(H,35,39);2-4,6,8,13-16H,9-12,17H2,1H3,(H,34,37);2,4,6-11,13-14H,12H2,1H3,(H3,30,31)(H,32,33)(H,34,35);5-10,13-16H,1-4H3,(H,28,29,30). The van der Waals surface area contributed by atoms with E-state index in [2.05, 4.69) is 148 Å². The quantitative estimate of drug-likeness (QED) is 0.0217. The molecule has 0 spiro atoms. The SMILES string of the molecule is CN1CCN(Cc2ccc(NC(=O)c3cnc(C#Cc4cncc5cccnc45)s3)cc2C(F)(F)F)CC1.Cc1ccc(C(=O)Nc2cc(C(C)(C)C)on2)cc1C#Cc1cncc2ccccc12.Cc1ccc(C(=O)Nc2ccc(CC(=N)N)c(C(F)(F)F)c2)cc1C#Cc1cnc2[nH]ccc2c1.Cc1ccc(C(=O)Nc2ccc(CN3CCN(C)CC3)c(C3CC3)c2)cc1C#Cc1cnnc2ccccc12. The van der Waals surface area contributed by atoms with Crippen LogP contribution in [0.5, 0.6) is 0 Å². The fourth-order valence-electron chi connectivity index (χ4n) is 16.0. The second-order valence-electron chi connectivity index (χ2n) is 36.1. The molecule has 10 heterocycles. The topological polar surface area (TPSA) is 311 Å². The number of amides is 4. The van der Waals surface area contributed by atoms with Gasteiger partial charge in [0, 0.05) is 210 Å². The van der Waals surface area contributed by atoms with Gasteiger partial charge in [-0.1, -0.05) is 146 Å². The van der Waals surface area contributed by atoms with Crippen molar-refractivity contribution in [2.24, 2.45) is 5.73 Å². The van der Waals surface area contributed by atoms with Gasteiger partial charge in [-0.25, -0.2) is 9.97 Å². The Bertz CT molecular complexity index is 7780. The van der Waals surface area contributed by atoms with E-state index in [1.807, 2.05) is 163 Å². The Kier molecular flexibility index (Phi) is 30.9. The number of carbonyl (C=O) groups is 4. The van der Waals surface area contributed by atoms with E-state index in [9.17, 15) is 45.5 Å². The van der Waals surface area contributed by atoms with Gasteiger partial charge in [0.05, 0.1) is 57.1 Å². The van der Waals surface area contributed by atoms with Gasteiger partial charge in [-0.2, -0.15) is 36.5 Å². The number of alkyl halides is 6. The average molecular weight is 1940 g/mol. The van der Waals surface area contributed by atoms with Gasteiger partial charge >= 0.3 is 12.4 Å². The molecule has 24 nitrogen and oxygen atoms in total. The van der Waals surface area contributed by atoms with Crippen LogP contribution in [0.2, 0.25) is 0 Å². The first kappa shape index (κ1) is 99.6. The highest BCUT2D eigenvalue weighted by Crippen LogP contribution is 2.44. The molecule has 0 radical (unpaired) electrons. The van der Waals surface area contributed by atoms with Gasteiger partial charge < -0.3 is 46.3 Å². The van der Waals surface area contributed by atoms with E-state index in [0.29, 0.717) is 68.9 Å². The summed E-state index contributed by atoms with van der Waals surface area (Å²) in [5, 5.41) is 35.7. The number of nitrogens with one attached hydrogen (secondary N) is 6. The smallest absolute Gasteiger partial charge is 0.387 e. The molecule has 1 saturated carbocycles. The molecule has 3 aliphatic rings. The van der Waals surface area contributed by atoms with Crippen molar-refractivity contribution in [1.82, 2.24) is 64.9 Å². The van der Waals surface area contributed by atoms with Crippen molar-refractivity contribution in [2.45, 2.75) is 97.6 Å². The van der Waals surface area contributed by atoms with Gasteiger partial charge in [-0.15, -0.1) is 11.3 Å². The number of aromatic amines is 1. The van der Waals surface area contributed by atoms with Gasteiger partial charge in [0.2, 0.25) is 0 Å². The first-order chi connectivity index (χ1) is 68.7. The van der Waals surface area contributed by atoms with Crippen molar-refractivity contribution in [3.8, 4) is 47.4 Å². The Labute approximate surface area is 826 Å². The van der Waals surface area contributed by atoms with E-state index in [1.54, 1.807) is 79.8 Å². The maximum atomic E-state index is 13.9. The average Bonchev–Trinajstić information content (AvgIpc) is 1.78. The molecule has 31 heteroatoms. The van der Waals surface area contributed by atoms with E-state index in [0.717, 1.165) is 152 Å². The molecule has 19 rings (SSSR count). The van der Waals surface area contributed by atoms with E-state index >= 15 is 0 Å². The normalized spacial score (nSPS) is 13.4. The first-order valence-corrected chi connectivity index (χ1v) is 46.9. The summed E-state index contributed by atoms with van der Waals surface area (Å²) >= 11 is 1.05. The summed E-state index contributed by atoms with van der Waals surface area (Å²) < 4.78 is 87.4. The molecule has 2 aliphatic heterocycles. The molecule has 2 saturated heterocycles. The molecule has 143 heavy (non-hydrogen) atoms. The van der Waals surface area contributed by atoms with Crippen LogP contribution in [-0.4, -0.2) is 161 Å². The number of carbonyl (C=O) groups excluding carboxylic acids is 4. The van der Waals surface area contributed by atoms with Crippen LogP contribution < -0.4 is 27.0 Å². The van der Waals surface area contributed by atoms with E-state index in [1.165, 1.54) is 54.4 Å². The molecule has 4 amide bonds. The summed E-state index contributed by atoms with van der Waals surface area (Å²) in [4.78, 5) is 85.1. The largest absolute Gasteiger partial charge is 0.416 e. The molecule has 1 aliphatic carbocycles. The maximum absolute atomic E-state index is 13.9. The lowest BCUT2D eigenvalue weighted by atomic mass is 9.93. The highest BCUT2D eigenvalue weighted by atomic mass is 32.1. The minimum absolute atomic E-state index is 0.0197. The van der Waals surface area contributed by atoms with Crippen molar-refractivity contribution in [3.63, 3.8) is 0 Å². The molecular weight excluding hydrogens is 1840 g/mol. The van der Waals surface area contributed by atoms with Gasteiger partial charge in [-0.3, -0.25) is 49.3 Å². The lowest BCUT2D eigenvalue weighted by Crippen LogP contribution is -2.44. The van der Waals surface area contributed by atoms with Gasteiger partial charge in [0.25, 0.3) is 23.6 Å². The van der Waals surface area contributed by atoms with E-state index in [4.69, 9.17) is 15.7 Å². The van der Waals surface area contributed by atoms with Gasteiger partial charge in [0.15, 0.2) is 10.8 Å². The van der Waals surface area contributed by atoms with Crippen molar-refractivity contribution in [1.29, 1.82) is 5.41 Å². The summed E-state index contributed by atoms with van der Waals surface area (Å²) in [5.41, 5.74) is 18.8. The Morgan fingerprint density at radius 3 is 1.61 bits per heavy atom. The number of halogens is 6. The van der Waals surface area contributed by atoms with Crippen LogP contribution in [0, 0.1) is 73.5 Å². The number of likely N-dealkylation sites (N-methyl/N-ethyl adjacent to an activating group) is 2. The predicted octanol–water partition coefficient (Wildman–Crippen LogP) is 20.2. The van der Waals surface area contributed by atoms with Crippen molar-refractivity contribution in [3.05, 3.63) is 365 Å². The number of hydrogen-bond donors (Lipinski definition) is 7. The van der Waals surface area contributed by atoms with Crippen molar-refractivity contribution >= 4 is 107 Å². The number of rotatable bonds is 15. The monoisotopic (exact) mass is 1940 g/mol. The number of anilines is 4. The first-order valence-electron chi connectivity index (χ1n) is 46.1. The summed E-state index contributed by atoms with van der Waals surface area (Å²) in [5.74, 6) is 24.7. The number of thiazole rings is 1. The fourth-order valence-corrected chi connectivity index (χ4v) is 16.6. The number of nitrogens with two attached hydrogens (primary N) is 1. The third-order valence-corrected chi connectivity index (χ3v) is 25.2. The van der Waals surface area contributed by atoms with Crippen LogP contribution in [0.15, 0.2) is 248 Å². The molecule has 0 bridgehead atoms. The minimum atomic E-state index is -4.66. The molecule has 0 atom stereocenters. The highest BCUT2D eigenvalue weighted by molar-refractivity contribution is 7.14. The second-order valence-corrected chi connectivity index (χ2v) is 37.2. The van der Waals surface area contributed by atoms with E-state index < -0.39 is 35.3 Å². The Morgan fingerprint density at radius 1 is 0.490 bits per heavy atom. The van der Waals surface area contributed by atoms with Crippen LogP contribution in [0.25, 0.3) is 43.6 Å². The Balaban J connectivity index is 0.000000137. The summed E-state index contributed by atoms with van der Waals surface area (Å²) in [6, 6.07) is 54.9.